The summed E-state index contributed by atoms with van der Waals surface area (Å²) >= 11 is 16.8. The average Bonchev–Trinajstić information content (AvgIpc) is 2.69. The van der Waals surface area contributed by atoms with E-state index < -0.39 is 17.9 Å². The van der Waals surface area contributed by atoms with Crippen LogP contribution in [0.1, 0.15) is 24.2 Å². The average molecular weight is 456 g/mol. The summed E-state index contributed by atoms with van der Waals surface area (Å²) < 4.78 is 10.8. The maximum absolute atomic E-state index is 12.2. The lowest BCUT2D eigenvalue weighted by molar-refractivity contribution is -0.127. The molecule has 7 nitrogen and oxygen atoms in total. The van der Waals surface area contributed by atoms with E-state index in [1.54, 1.807) is 36.4 Å². The molecule has 0 heterocycles. The Hall–Kier alpha value is -2.55. The van der Waals surface area contributed by atoms with Gasteiger partial charge in [0.25, 0.3) is 11.8 Å². The summed E-state index contributed by atoms with van der Waals surface area (Å²) in [4.78, 5) is 24.3. The topological polar surface area (TPSA) is 88.7 Å². The molecular weight excluding hydrogens is 437 g/mol. The van der Waals surface area contributed by atoms with Crippen LogP contribution in [0.3, 0.4) is 0 Å². The van der Waals surface area contributed by atoms with E-state index in [1.165, 1.54) is 13.0 Å². The molecule has 2 amide bonds. The zero-order chi connectivity index (χ0) is 21.4. The van der Waals surface area contributed by atoms with Crippen molar-refractivity contribution in [2.45, 2.75) is 20.0 Å². The standard InChI is InChI=1S/C19H19Cl2N3O4S/c1-3-27-14-7-4-12(5-8-14)18(26)22-19(29)24-23-17(25)11(2)28-16-9-6-13(20)10-15(16)21/h4-11H,3H2,1-2H3,(H,23,25)(H2,22,24,26,29). The van der Waals surface area contributed by atoms with Gasteiger partial charge in [0.1, 0.15) is 11.5 Å². The van der Waals surface area contributed by atoms with E-state index in [4.69, 9.17) is 44.9 Å². The molecule has 3 N–H and O–H groups in total. The molecule has 0 saturated heterocycles. The molecule has 0 fully saturated rings. The minimum Gasteiger partial charge on any atom is -0.494 e. The third-order valence-electron chi connectivity index (χ3n) is 3.52. The van der Waals surface area contributed by atoms with Crippen molar-refractivity contribution in [3.8, 4) is 11.5 Å². The molecule has 154 valence electrons. The molecule has 0 saturated carbocycles. The Morgan fingerprint density at radius 2 is 1.79 bits per heavy atom. The maximum Gasteiger partial charge on any atom is 0.279 e. The van der Waals surface area contributed by atoms with E-state index >= 15 is 0 Å². The Morgan fingerprint density at radius 3 is 2.41 bits per heavy atom. The van der Waals surface area contributed by atoms with Gasteiger partial charge in [-0.25, -0.2) is 0 Å². The van der Waals surface area contributed by atoms with Crippen molar-refractivity contribution in [2.75, 3.05) is 6.61 Å². The number of carbonyl (C=O) groups is 2. The van der Waals surface area contributed by atoms with Crippen molar-refractivity contribution in [3.63, 3.8) is 0 Å². The van der Waals surface area contributed by atoms with Crippen LogP contribution in [0.15, 0.2) is 42.5 Å². The number of hydrazine groups is 1. The van der Waals surface area contributed by atoms with E-state index in [2.05, 4.69) is 16.2 Å². The zero-order valence-corrected chi connectivity index (χ0v) is 18.0. The Morgan fingerprint density at radius 1 is 1.10 bits per heavy atom. The highest BCUT2D eigenvalue weighted by molar-refractivity contribution is 7.80. The summed E-state index contributed by atoms with van der Waals surface area (Å²) in [7, 11) is 0. The molecule has 0 aliphatic rings. The predicted octanol–water partition coefficient (Wildman–Crippen LogP) is 3.50. The summed E-state index contributed by atoms with van der Waals surface area (Å²) in [5.41, 5.74) is 5.19. The van der Waals surface area contributed by atoms with Crippen LogP contribution in [-0.2, 0) is 4.79 Å². The molecule has 2 aromatic rings. The summed E-state index contributed by atoms with van der Waals surface area (Å²) in [6, 6.07) is 11.2. The fraction of sp³-hybridized carbons (Fsp3) is 0.211. The minimum atomic E-state index is -0.884. The van der Waals surface area contributed by atoms with E-state index in [-0.39, 0.29) is 10.1 Å². The van der Waals surface area contributed by atoms with Gasteiger partial charge >= 0.3 is 0 Å². The lowest BCUT2D eigenvalue weighted by Gasteiger charge is -2.17. The second-order valence-corrected chi connectivity index (χ2v) is 6.94. The largest absolute Gasteiger partial charge is 0.494 e. The van der Waals surface area contributed by atoms with Gasteiger partial charge in [-0.05, 0) is 68.5 Å². The van der Waals surface area contributed by atoms with Crippen molar-refractivity contribution in [1.82, 2.24) is 16.2 Å². The Kier molecular flexibility index (Phi) is 8.50. The highest BCUT2D eigenvalue weighted by Gasteiger charge is 2.17. The molecule has 0 aliphatic carbocycles. The van der Waals surface area contributed by atoms with Crippen LogP contribution in [0, 0.1) is 0 Å². The smallest absolute Gasteiger partial charge is 0.279 e. The van der Waals surface area contributed by atoms with Gasteiger partial charge in [-0.3, -0.25) is 25.8 Å². The van der Waals surface area contributed by atoms with Gasteiger partial charge in [0, 0.05) is 10.6 Å². The monoisotopic (exact) mass is 455 g/mol. The number of benzene rings is 2. The zero-order valence-electron chi connectivity index (χ0n) is 15.6. The molecule has 2 rings (SSSR count). The number of ether oxygens (including phenoxy) is 2. The van der Waals surface area contributed by atoms with Crippen LogP contribution < -0.4 is 25.6 Å². The van der Waals surface area contributed by atoms with Crippen LogP contribution >= 0.6 is 35.4 Å². The van der Waals surface area contributed by atoms with Gasteiger partial charge in [0.05, 0.1) is 11.6 Å². The number of carbonyl (C=O) groups excluding carboxylic acids is 2. The predicted molar refractivity (Wildman–Crippen MR) is 116 cm³/mol. The van der Waals surface area contributed by atoms with Crippen molar-refractivity contribution in [1.29, 1.82) is 0 Å². The highest BCUT2D eigenvalue weighted by Crippen LogP contribution is 2.28. The quantitative estimate of drug-likeness (QED) is 0.456. The van der Waals surface area contributed by atoms with Gasteiger partial charge in [-0.15, -0.1) is 0 Å². The summed E-state index contributed by atoms with van der Waals surface area (Å²) in [5, 5.41) is 3.12. The van der Waals surface area contributed by atoms with Crippen LogP contribution in [0.4, 0.5) is 0 Å². The fourth-order valence-electron chi connectivity index (χ4n) is 2.11. The second kappa shape index (κ2) is 10.8. The Bertz CT molecular complexity index is 894. The summed E-state index contributed by atoms with van der Waals surface area (Å²) in [5.74, 6) is 0.0163. The van der Waals surface area contributed by atoms with Crippen molar-refractivity contribution < 1.29 is 19.1 Å². The van der Waals surface area contributed by atoms with E-state index in [0.717, 1.165) is 0 Å². The number of halogens is 2. The van der Waals surface area contributed by atoms with E-state index in [1.807, 2.05) is 6.92 Å². The highest BCUT2D eigenvalue weighted by atomic mass is 35.5. The van der Waals surface area contributed by atoms with E-state index in [0.29, 0.717) is 28.7 Å². The lowest BCUT2D eigenvalue weighted by Crippen LogP contribution is -2.51. The summed E-state index contributed by atoms with van der Waals surface area (Å²) in [6.07, 6.45) is -0.884. The third-order valence-corrected chi connectivity index (χ3v) is 4.26. The van der Waals surface area contributed by atoms with Gasteiger partial charge < -0.3 is 9.47 Å². The number of nitrogens with one attached hydrogen (secondary N) is 3. The van der Waals surface area contributed by atoms with Crippen LogP contribution in [0.2, 0.25) is 10.0 Å². The molecule has 29 heavy (non-hydrogen) atoms. The lowest BCUT2D eigenvalue weighted by atomic mass is 10.2. The molecule has 1 unspecified atom stereocenters. The minimum absolute atomic E-state index is 0.0750. The SMILES string of the molecule is CCOc1ccc(C(=O)NC(=S)NNC(=O)C(C)Oc2ccc(Cl)cc2Cl)cc1. The molecule has 0 aromatic heterocycles. The number of rotatable bonds is 6. The number of hydrogen-bond donors (Lipinski definition) is 3. The molecule has 2 aromatic carbocycles. The van der Waals surface area contributed by atoms with Crippen molar-refractivity contribution in [3.05, 3.63) is 58.1 Å². The van der Waals surface area contributed by atoms with Gasteiger partial charge in [0.2, 0.25) is 0 Å². The van der Waals surface area contributed by atoms with Crippen LogP contribution in [0.25, 0.3) is 0 Å². The Labute approximate surface area is 183 Å². The number of hydrogen-bond acceptors (Lipinski definition) is 5. The first kappa shape index (κ1) is 22.7. The van der Waals surface area contributed by atoms with Crippen LogP contribution in [0.5, 0.6) is 11.5 Å². The third kappa shape index (κ3) is 7.08. The first-order valence-corrected chi connectivity index (χ1v) is 9.72. The molecule has 10 heteroatoms. The molecular formula is C19H19Cl2N3O4S. The molecule has 0 radical (unpaired) electrons. The molecule has 1 atom stereocenters. The normalized spacial score (nSPS) is 11.2. The van der Waals surface area contributed by atoms with Crippen molar-refractivity contribution in [2.24, 2.45) is 0 Å². The first-order chi connectivity index (χ1) is 13.8. The Balaban J connectivity index is 1.81. The number of amides is 2. The second-order valence-electron chi connectivity index (χ2n) is 5.69. The fourth-order valence-corrected chi connectivity index (χ4v) is 2.71. The van der Waals surface area contributed by atoms with Crippen LogP contribution in [-0.4, -0.2) is 29.6 Å². The van der Waals surface area contributed by atoms with E-state index in [9.17, 15) is 9.59 Å². The van der Waals surface area contributed by atoms with Gasteiger partial charge in [-0.2, -0.15) is 0 Å². The molecule has 0 bridgehead atoms. The molecule has 0 aliphatic heterocycles. The number of thiocarbonyl (C=S) groups is 1. The maximum atomic E-state index is 12.2. The summed E-state index contributed by atoms with van der Waals surface area (Å²) in [6.45, 7) is 3.93. The van der Waals surface area contributed by atoms with Crippen molar-refractivity contribution >= 4 is 52.3 Å². The van der Waals surface area contributed by atoms with Gasteiger partial charge in [0.15, 0.2) is 11.2 Å². The molecule has 0 spiro atoms. The first-order valence-electron chi connectivity index (χ1n) is 8.56. The van der Waals surface area contributed by atoms with Gasteiger partial charge in [-0.1, -0.05) is 23.2 Å².